The van der Waals surface area contributed by atoms with E-state index in [1.54, 1.807) is 6.07 Å². The maximum Gasteiger partial charge on any atom is 0.255 e. The minimum atomic E-state index is -0.416. The Morgan fingerprint density at radius 3 is 2.87 bits per heavy atom. The smallest absolute Gasteiger partial charge is 0.255 e. The van der Waals surface area contributed by atoms with Crippen LogP contribution in [0.15, 0.2) is 30.3 Å². The van der Waals surface area contributed by atoms with Gasteiger partial charge in [-0.1, -0.05) is 18.2 Å². The average molecular weight is 313 g/mol. The molecule has 23 heavy (non-hydrogen) atoms. The van der Waals surface area contributed by atoms with E-state index in [1.165, 1.54) is 6.07 Å². The van der Waals surface area contributed by atoms with Crippen molar-refractivity contribution in [3.05, 3.63) is 47.3 Å². The summed E-state index contributed by atoms with van der Waals surface area (Å²) < 4.78 is 25.8. The van der Waals surface area contributed by atoms with Gasteiger partial charge in [-0.3, -0.25) is 4.79 Å². The van der Waals surface area contributed by atoms with Crippen molar-refractivity contribution in [2.75, 3.05) is 19.8 Å². The fourth-order valence-corrected chi connectivity index (χ4v) is 3.08. The minimum absolute atomic E-state index is 0.246. The minimum Gasteiger partial charge on any atom is -0.493 e. The van der Waals surface area contributed by atoms with Crippen molar-refractivity contribution in [3.63, 3.8) is 0 Å². The zero-order valence-corrected chi connectivity index (χ0v) is 12.5. The molecule has 4 rings (SSSR count). The van der Waals surface area contributed by atoms with Crippen molar-refractivity contribution in [2.45, 2.75) is 12.8 Å². The van der Waals surface area contributed by atoms with E-state index in [0.717, 1.165) is 18.4 Å². The molecule has 0 aliphatic carbocycles. The topological polar surface area (TPSA) is 47.6 Å². The molecule has 0 bridgehead atoms. The van der Waals surface area contributed by atoms with Crippen LogP contribution >= 0.6 is 0 Å². The van der Waals surface area contributed by atoms with Crippen LogP contribution in [-0.2, 0) is 6.42 Å². The first-order valence-corrected chi connectivity index (χ1v) is 7.73. The number of benzene rings is 2. The lowest BCUT2D eigenvalue weighted by molar-refractivity contribution is 0.0957. The summed E-state index contributed by atoms with van der Waals surface area (Å²) in [6, 6.07) is 8.56. The first-order chi connectivity index (χ1) is 11.2. The van der Waals surface area contributed by atoms with E-state index in [4.69, 9.17) is 9.47 Å². The second-order valence-corrected chi connectivity index (χ2v) is 5.68. The summed E-state index contributed by atoms with van der Waals surface area (Å²) in [5.41, 5.74) is 2.47. The molecule has 0 spiro atoms. The molecule has 0 fully saturated rings. The van der Waals surface area contributed by atoms with E-state index in [-0.39, 0.29) is 11.7 Å². The highest BCUT2D eigenvalue weighted by Crippen LogP contribution is 2.39. The number of halogens is 1. The molecule has 2 aliphatic heterocycles. The highest BCUT2D eigenvalue weighted by molar-refractivity contribution is 5.98. The number of aryl methyl sites for hydroxylation is 1. The first kappa shape index (κ1) is 14.1. The van der Waals surface area contributed by atoms with E-state index in [2.05, 4.69) is 5.32 Å². The zero-order valence-electron chi connectivity index (χ0n) is 12.5. The molecular weight excluding hydrogens is 297 g/mol. The Kier molecular flexibility index (Phi) is 3.41. The first-order valence-electron chi connectivity index (χ1n) is 7.73. The highest BCUT2D eigenvalue weighted by Gasteiger charge is 2.23. The van der Waals surface area contributed by atoms with Crippen LogP contribution in [0.1, 0.15) is 22.3 Å². The fraction of sp³-hybridized carbons (Fsp3) is 0.278. The Hall–Kier alpha value is -2.56. The van der Waals surface area contributed by atoms with Crippen LogP contribution in [0.3, 0.4) is 0 Å². The van der Waals surface area contributed by atoms with Gasteiger partial charge in [0.05, 0.1) is 18.7 Å². The van der Waals surface area contributed by atoms with E-state index in [1.807, 2.05) is 18.2 Å². The maximum absolute atomic E-state index is 14.6. The third kappa shape index (κ3) is 2.42. The van der Waals surface area contributed by atoms with Crippen molar-refractivity contribution >= 4 is 5.91 Å². The summed E-state index contributed by atoms with van der Waals surface area (Å²) in [5.74, 6) is 0.338. The van der Waals surface area contributed by atoms with Gasteiger partial charge in [-0.05, 0) is 24.5 Å². The molecule has 2 aliphatic rings. The number of amides is 1. The Bertz CT molecular complexity index is 788. The lowest BCUT2D eigenvalue weighted by atomic mass is 9.95. The predicted molar refractivity (Wildman–Crippen MR) is 83.5 cm³/mol. The third-order valence-corrected chi connectivity index (χ3v) is 4.18. The number of nitrogens with one attached hydrogen (secondary N) is 1. The van der Waals surface area contributed by atoms with Gasteiger partial charge in [0.2, 0.25) is 0 Å². The fourth-order valence-electron chi connectivity index (χ4n) is 3.08. The van der Waals surface area contributed by atoms with Crippen molar-refractivity contribution in [1.82, 2.24) is 5.32 Å². The second-order valence-electron chi connectivity index (χ2n) is 5.68. The van der Waals surface area contributed by atoms with E-state index in [9.17, 15) is 9.18 Å². The largest absolute Gasteiger partial charge is 0.493 e. The van der Waals surface area contributed by atoms with E-state index < -0.39 is 5.82 Å². The van der Waals surface area contributed by atoms with Crippen molar-refractivity contribution in [3.8, 4) is 22.6 Å². The molecule has 2 aromatic rings. The Labute approximate surface area is 133 Å². The predicted octanol–water partition coefficient (Wildman–Crippen LogP) is 2.94. The standard InChI is InChI=1S/C18H16FNO3/c19-15-10-16-14(18(21)20-6-8-22-16)9-13(15)12-5-1-3-11-4-2-7-23-17(11)12/h1,3,5,9-10H,2,4,6-8H2,(H,20,21). The number of fused-ring (bicyclic) bond motifs is 2. The van der Waals surface area contributed by atoms with Gasteiger partial charge < -0.3 is 14.8 Å². The molecule has 0 unspecified atom stereocenters. The number of ether oxygens (including phenoxy) is 2. The molecule has 0 atom stereocenters. The number of hydrogen-bond donors (Lipinski definition) is 1. The summed E-state index contributed by atoms with van der Waals surface area (Å²) in [6.07, 6.45) is 1.87. The van der Waals surface area contributed by atoms with Crippen LogP contribution < -0.4 is 14.8 Å². The van der Waals surface area contributed by atoms with Crippen LogP contribution in [0.4, 0.5) is 4.39 Å². The van der Waals surface area contributed by atoms with E-state index in [0.29, 0.717) is 42.2 Å². The Morgan fingerprint density at radius 2 is 1.96 bits per heavy atom. The van der Waals surface area contributed by atoms with Crippen molar-refractivity contribution < 1.29 is 18.7 Å². The molecule has 0 aromatic heterocycles. The van der Waals surface area contributed by atoms with Gasteiger partial charge in [0, 0.05) is 17.2 Å². The van der Waals surface area contributed by atoms with Crippen LogP contribution in [-0.4, -0.2) is 25.7 Å². The molecule has 0 saturated carbocycles. The molecule has 4 nitrogen and oxygen atoms in total. The molecule has 0 saturated heterocycles. The summed E-state index contributed by atoms with van der Waals surface area (Å²) in [6.45, 7) is 1.37. The molecule has 1 N–H and O–H groups in total. The molecule has 2 heterocycles. The molecule has 5 heteroatoms. The molecule has 118 valence electrons. The van der Waals surface area contributed by atoms with Crippen LogP contribution in [0.2, 0.25) is 0 Å². The number of hydrogen-bond acceptors (Lipinski definition) is 3. The zero-order chi connectivity index (χ0) is 15.8. The third-order valence-electron chi connectivity index (χ3n) is 4.18. The van der Waals surface area contributed by atoms with Gasteiger partial charge in [-0.25, -0.2) is 4.39 Å². The Morgan fingerprint density at radius 1 is 1.04 bits per heavy atom. The van der Waals surface area contributed by atoms with Crippen LogP contribution in [0.25, 0.3) is 11.1 Å². The summed E-state index contributed by atoms with van der Waals surface area (Å²) in [7, 11) is 0. The monoisotopic (exact) mass is 313 g/mol. The lowest BCUT2D eigenvalue weighted by Gasteiger charge is -2.21. The summed E-state index contributed by atoms with van der Waals surface area (Å²) in [5, 5.41) is 2.74. The van der Waals surface area contributed by atoms with Crippen LogP contribution in [0.5, 0.6) is 11.5 Å². The van der Waals surface area contributed by atoms with Crippen LogP contribution in [0, 0.1) is 5.82 Å². The molecule has 1 amide bonds. The SMILES string of the molecule is O=C1NCCOc2cc(F)c(-c3cccc4c3OCCC4)cc21. The maximum atomic E-state index is 14.6. The van der Waals surface area contributed by atoms with Gasteiger partial charge in [0.25, 0.3) is 5.91 Å². The van der Waals surface area contributed by atoms with Gasteiger partial charge in [0.15, 0.2) is 0 Å². The average Bonchev–Trinajstić information content (AvgIpc) is 2.75. The molecular formula is C18H16FNO3. The molecule has 2 aromatic carbocycles. The summed E-state index contributed by atoms with van der Waals surface area (Å²) in [4.78, 5) is 12.1. The van der Waals surface area contributed by atoms with Crippen molar-refractivity contribution in [1.29, 1.82) is 0 Å². The van der Waals surface area contributed by atoms with E-state index >= 15 is 0 Å². The quantitative estimate of drug-likeness (QED) is 0.880. The van der Waals surface area contributed by atoms with Gasteiger partial charge in [-0.2, -0.15) is 0 Å². The number of rotatable bonds is 1. The second kappa shape index (κ2) is 5.57. The number of para-hydroxylation sites is 1. The Balaban J connectivity index is 1.89. The lowest BCUT2D eigenvalue weighted by Crippen LogP contribution is -2.24. The van der Waals surface area contributed by atoms with Gasteiger partial charge in [-0.15, -0.1) is 0 Å². The summed E-state index contributed by atoms with van der Waals surface area (Å²) >= 11 is 0. The van der Waals surface area contributed by atoms with Gasteiger partial charge >= 0.3 is 0 Å². The number of carbonyl (C=O) groups is 1. The highest BCUT2D eigenvalue weighted by atomic mass is 19.1. The normalized spacial score (nSPS) is 16.3. The van der Waals surface area contributed by atoms with Gasteiger partial charge in [0.1, 0.15) is 23.9 Å². The molecule has 0 radical (unpaired) electrons. The number of carbonyl (C=O) groups excluding carboxylic acids is 1. The van der Waals surface area contributed by atoms with Crippen molar-refractivity contribution in [2.24, 2.45) is 0 Å².